The Morgan fingerprint density at radius 2 is 1.76 bits per heavy atom. The van der Waals surface area contributed by atoms with Gasteiger partial charge in [0.05, 0.1) is 5.25 Å². The van der Waals surface area contributed by atoms with Crippen LogP contribution >= 0.6 is 0 Å². The molecule has 2 atom stereocenters. The van der Waals surface area contributed by atoms with Crippen molar-refractivity contribution in [2.75, 3.05) is 12.8 Å². The molecule has 2 aromatic rings. The molecular weight excluding hydrogens is 282 g/mol. The number of benzene rings is 2. The second-order valence-corrected chi connectivity index (χ2v) is 7.94. The van der Waals surface area contributed by atoms with E-state index in [0.29, 0.717) is 6.42 Å². The smallest absolute Gasteiger partial charge is 0.151 e. The molecule has 0 bridgehead atoms. The van der Waals surface area contributed by atoms with E-state index < -0.39 is 15.1 Å². The van der Waals surface area contributed by atoms with Gasteiger partial charge in [0.25, 0.3) is 0 Å². The fourth-order valence-corrected chi connectivity index (χ4v) is 3.46. The standard InChI is InChI=1S/C17H23NO2S/c1-4-18-17(13(2)21(3,19)20)12-15-10-7-9-14-8-5-6-11-16(14)15/h5-11,13,17-18H,4,12H2,1-3H3. The zero-order chi connectivity index (χ0) is 15.5. The van der Waals surface area contributed by atoms with E-state index >= 15 is 0 Å². The highest BCUT2D eigenvalue weighted by molar-refractivity contribution is 7.91. The lowest BCUT2D eigenvalue weighted by Crippen LogP contribution is -2.43. The van der Waals surface area contributed by atoms with Crippen molar-refractivity contribution in [3.63, 3.8) is 0 Å². The third-order valence-electron chi connectivity index (χ3n) is 4.03. The summed E-state index contributed by atoms with van der Waals surface area (Å²) in [7, 11) is -3.06. The number of hydrogen-bond acceptors (Lipinski definition) is 3. The number of fused-ring (bicyclic) bond motifs is 1. The minimum atomic E-state index is -3.06. The molecule has 0 aliphatic rings. The van der Waals surface area contributed by atoms with Crippen molar-refractivity contribution in [2.45, 2.75) is 31.6 Å². The van der Waals surface area contributed by atoms with Crippen molar-refractivity contribution in [3.8, 4) is 0 Å². The normalized spacial score (nSPS) is 15.0. The molecule has 3 nitrogen and oxygen atoms in total. The first-order chi connectivity index (χ1) is 9.93. The Morgan fingerprint density at radius 1 is 1.10 bits per heavy atom. The molecule has 0 spiro atoms. The first-order valence-corrected chi connectivity index (χ1v) is 9.28. The molecule has 21 heavy (non-hydrogen) atoms. The zero-order valence-corrected chi connectivity index (χ0v) is 13.7. The highest BCUT2D eigenvalue weighted by atomic mass is 32.2. The molecule has 0 aromatic heterocycles. The van der Waals surface area contributed by atoms with Crippen LogP contribution in [0.4, 0.5) is 0 Å². The van der Waals surface area contributed by atoms with Crippen molar-refractivity contribution in [2.24, 2.45) is 0 Å². The van der Waals surface area contributed by atoms with E-state index in [9.17, 15) is 8.42 Å². The SMILES string of the molecule is CCNC(Cc1cccc2ccccc12)C(C)S(C)(=O)=O. The summed E-state index contributed by atoms with van der Waals surface area (Å²) in [5.41, 5.74) is 1.19. The monoisotopic (exact) mass is 305 g/mol. The fourth-order valence-electron chi connectivity index (χ4n) is 2.67. The second-order valence-electron chi connectivity index (χ2n) is 5.54. The third kappa shape index (κ3) is 3.83. The van der Waals surface area contributed by atoms with E-state index in [-0.39, 0.29) is 6.04 Å². The Hall–Kier alpha value is -1.39. The van der Waals surface area contributed by atoms with Gasteiger partial charge in [-0.15, -0.1) is 0 Å². The van der Waals surface area contributed by atoms with E-state index in [4.69, 9.17) is 0 Å². The summed E-state index contributed by atoms with van der Waals surface area (Å²) in [4.78, 5) is 0. The van der Waals surface area contributed by atoms with Crippen molar-refractivity contribution in [1.29, 1.82) is 0 Å². The fraction of sp³-hybridized carbons (Fsp3) is 0.412. The van der Waals surface area contributed by atoms with Crippen LogP contribution < -0.4 is 5.32 Å². The zero-order valence-electron chi connectivity index (χ0n) is 12.8. The molecule has 2 unspecified atom stereocenters. The molecule has 0 aliphatic heterocycles. The Morgan fingerprint density at radius 3 is 2.43 bits per heavy atom. The van der Waals surface area contributed by atoms with Crippen LogP contribution in [-0.2, 0) is 16.3 Å². The quantitative estimate of drug-likeness (QED) is 0.892. The number of hydrogen-bond donors (Lipinski definition) is 1. The molecule has 0 saturated heterocycles. The summed E-state index contributed by atoms with van der Waals surface area (Å²) in [5, 5.41) is 5.31. The third-order valence-corrected chi connectivity index (χ3v) is 5.71. The molecule has 4 heteroatoms. The van der Waals surface area contributed by atoms with Crippen LogP contribution in [0.2, 0.25) is 0 Å². The Kier molecular flexibility index (Phi) is 5.01. The van der Waals surface area contributed by atoms with Crippen LogP contribution in [0.25, 0.3) is 10.8 Å². The van der Waals surface area contributed by atoms with E-state index in [1.54, 1.807) is 6.92 Å². The van der Waals surface area contributed by atoms with Gasteiger partial charge in [-0.1, -0.05) is 49.4 Å². The van der Waals surface area contributed by atoms with Gasteiger partial charge in [0.2, 0.25) is 0 Å². The van der Waals surface area contributed by atoms with Gasteiger partial charge in [0.15, 0.2) is 9.84 Å². The predicted octanol–water partition coefficient (Wildman–Crippen LogP) is 2.79. The van der Waals surface area contributed by atoms with Crippen LogP contribution in [0.15, 0.2) is 42.5 Å². The molecule has 0 amide bonds. The molecule has 0 heterocycles. The molecule has 2 aromatic carbocycles. The number of sulfone groups is 1. The van der Waals surface area contributed by atoms with Gasteiger partial charge >= 0.3 is 0 Å². The van der Waals surface area contributed by atoms with E-state index in [1.807, 2.05) is 25.1 Å². The lowest BCUT2D eigenvalue weighted by molar-refractivity contribution is 0.495. The summed E-state index contributed by atoms with van der Waals surface area (Å²) in [5.74, 6) is 0. The lowest BCUT2D eigenvalue weighted by Gasteiger charge is -2.24. The van der Waals surface area contributed by atoms with Gasteiger partial charge in [-0.05, 0) is 36.2 Å². The average molecular weight is 305 g/mol. The van der Waals surface area contributed by atoms with Crippen LogP contribution in [0.3, 0.4) is 0 Å². The van der Waals surface area contributed by atoms with Crippen molar-refractivity contribution in [3.05, 3.63) is 48.0 Å². The van der Waals surface area contributed by atoms with Crippen molar-refractivity contribution >= 4 is 20.6 Å². The van der Waals surface area contributed by atoms with Crippen molar-refractivity contribution in [1.82, 2.24) is 5.32 Å². The number of likely N-dealkylation sites (N-methyl/N-ethyl adjacent to an activating group) is 1. The Balaban J connectivity index is 2.35. The number of rotatable bonds is 6. The first kappa shape index (κ1) is 16.0. The predicted molar refractivity (Wildman–Crippen MR) is 89.4 cm³/mol. The molecule has 114 valence electrons. The van der Waals surface area contributed by atoms with Crippen LogP contribution in [0.5, 0.6) is 0 Å². The van der Waals surface area contributed by atoms with E-state index in [2.05, 4.69) is 29.6 Å². The number of nitrogens with one attached hydrogen (secondary N) is 1. The molecule has 0 radical (unpaired) electrons. The van der Waals surface area contributed by atoms with Crippen LogP contribution in [0, 0.1) is 0 Å². The summed E-state index contributed by atoms with van der Waals surface area (Å²) >= 11 is 0. The topological polar surface area (TPSA) is 46.2 Å². The lowest BCUT2D eigenvalue weighted by atomic mass is 9.97. The van der Waals surface area contributed by atoms with Crippen LogP contribution in [0.1, 0.15) is 19.4 Å². The summed E-state index contributed by atoms with van der Waals surface area (Å²) in [6.45, 7) is 4.55. The van der Waals surface area contributed by atoms with Gasteiger partial charge in [0.1, 0.15) is 0 Å². The first-order valence-electron chi connectivity index (χ1n) is 7.32. The van der Waals surface area contributed by atoms with E-state index in [1.165, 1.54) is 22.6 Å². The van der Waals surface area contributed by atoms with Crippen LogP contribution in [-0.4, -0.2) is 32.5 Å². The molecule has 0 saturated carbocycles. The highest BCUT2D eigenvalue weighted by Gasteiger charge is 2.25. The minimum Gasteiger partial charge on any atom is -0.313 e. The summed E-state index contributed by atoms with van der Waals surface area (Å²) in [6.07, 6.45) is 2.02. The van der Waals surface area contributed by atoms with Gasteiger partial charge in [-0.25, -0.2) is 8.42 Å². The molecular formula is C17H23NO2S. The maximum Gasteiger partial charge on any atom is 0.151 e. The average Bonchev–Trinajstić information content (AvgIpc) is 2.45. The maximum absolute atomic E-state index is 11.9. The molecule has 1 N–H and O–H groups in total. The van der Waals surface area contributed by atoms with E-state index in [0.717, 1.165) is 6.54 Å². The largest absolute Gasteiger partial charge is 0.313 e. The van der Waals surface area contributed by atoms with Gasteiger partial charge in [-0.2, -0.15) is 0 Å². The van der Waals surface area contributed by atoms with Gasteiger partial charge < -0.3 is 5.32 Å². The molecule has 0 aliphatic carbocycles. The summed E-state index contributed by atoms with van der Waals surface area (Å²) in [6, 6.07) is 14.4. The highest BCUT2D eigenvalue weighted by Crippen LogP contribution is 2.21. The Labute approximate surface area is 127 Å². The van der Waals surface area contributed by atoms with Crippen molar-refractivity contribution < 1.29 is 8.42 Å². The maximum atomic E-state index is 11.9. The van der Waals surface area contributed by atoms with Gasteiger partial charge in [0, 0.05) is 12.3 Å². The Bertz CT molecular complexity index is 704. The summed E-state index contributed by atoms with van der Waals surface area (Å²) < 4.78 is 23.7. The molecule has 2 rings (SSSR count). The molecule has 0 fully saturated rings. The second kappa shape index (κ2) is 6.58. The van der Waals surface area contributed by atoms with Gasteiger partial charge in [-0.3, -0.25) is 0 Å². The minimum absolute atomic E-state index is 0.0733.